The number of hydrogen-bond donors (Lipinski definition) is 1. The first-order chi connectivity index (χ1) is 13.8. The van der Waals surface area contributed by atoms with Crippen LogP contribution in [0.1, 0.15) is 12.5 Å². The highest BCUT2D eigenvalue weighted by molar-refractivity contribution is 5.82. The molecule has 28 heavy (non-hydrogen) atoms. The lowest BCUT2D eigenvalue weighted by atomic mass is 10.3. The van der Waals surface area contributed by atoms with Crippen LogP contribution in [0.15, 0.2) is 61.2 Å². The van der Waals surface area contributed by atoms with E-state index in [0.29, 0.717) is 16.7 Å². The van der Waals surface area contributed by atoms with Gasteiger partial charge in [-0.2, -0.15) is 15.1 Å². The quantitative estimate of drug-likeness (QED) is 0.587. The molecule has 0 saturated carbocycles. The normalized spacial score (nSPS) is 16.6. The summed E-state index contributed by atoms with van der Waals surface area (Å²) in [4.78, 5) is 14.7. The van der Waals surface area contributed by atoms with Crippen LogP contribution in [0, 0.1) is 0 Å². The fourth-order valence-electron chi connectivity index (χ4n) is 3.50. The molecule has 140 valence electrons. The summed E-state index contributed by atoms with van der Waals surface area (Å²) in [5, 5.41) is 15.0. The van der Waals surface area contributed by atoms with Gasteiger partial charge in [0.05, 0.1) is 35.5 Å². The molecule has 0 spiro atoms. The molecule has 1 atom stereocenters. The molecule has 0 unspecified atom stereocenters. The zero-order chi connectivity index (χ0) is 18.9. The van der Waals surface area contributed by atoms with Gasteiger partial charge in [-0.15, -0.1) is 0 Å². The van der Waals surface area contributed by atoms with Crippen molar-refractivity contribution in [2.24, 2.45) is 0 Å². The monoisotopic (exact) mass is 374 g/mol. The van der Waals surface area contributed by atoms with Crippen LogP contribution >= 0.6 is 0 Å². The molecule has 1 aliphatic rings. The number of benzene rings is 1. The Labute approximate surface area is 161 Å². The molecule has 4 heterocycles. The molecule has 0 radical (unpaired) electrons. The molecule has 0 bridgehead atoms. The van der Waals surface area contributed by atoms with E-state index in [9.17, 15) is 5.11 Å². The molecule has 1 saturated heterocycles. The van der Waals surface area contributed by atoms with Gasteiger partial charge in [-0.1, -0.05) is 18.2 Å². The van der Waals surface area contributed by atoms with Crippen molar-refractivity contribution < 1.29 is 9.84 Å². The van der Waals surface area contributed by atoms with E-state index in [1.807, 2.05) is 16.9 Å². The van der Waals surface area contributed by atoms with Crippen molar-refractivity contribution in [3.63, 3.8) is 0 Å². The summed E-state index contributed by atoms with van der Waals surface area (Å²) < 4.78 is 7.63. The highest BCUT2D eigenvalue weighted by Crippen LogP contribution is 2.29. The molecule has 0 aliphatic carbocycles. The van der Waals surface area contributed by atoms with Crippen LogP contribution in [0.3, 0.4) is 0 Å². The summed E-state index contributed by atoms with van der Waals surface area (Å²) >= 11 is 0. The molecule has 8 heteroatoms. The van der Waals surface area contributed by atoms with Gasteiger partial charge >= 0.3 is 6.01 Å². The largest absolute Gasteiger partial charge is 0.493 e. The van der Waals surface area contributed by atoms with E-state index in [1.165, 1.54) is 5.69 Å². The summed E-state index contributed by atoms with van der Waals surface area (Å²) in [6.07, 6.45) is 7.63. The minimum absolute atomic E-state index is 0.0647. The first-order valence-corrected chi connectivity index (χ1v) is 9.09. The van der Waals surface area contributed by atoms with Gasteiger partial charge in [0.1, 0.15) is 0 Å². The van der Waals surface area contributed by atoms with E-state index >= 15 is 0 Å². The second-order valence-electron chi connectivity index (χ2n) is 6.70. The lowest BCUT2D eigenvalue weighted by Gasteiger charge is -2.18. The number of nitrogens with zero attached hydrogens (tertiary/aromatic N) is 6. The van der Waals surface area contributed by atoms with E-state index in [2.05, 4.69) is 49.2 Å². The number of fused-ring (bicyclic) bond motifs is 1. The Morgan fingerprint density at radius 1 is 1.07 bits per heavy atom. The lowest BCUT2D eigenvalue weighted by Crippen LogP contribution is -2.20. The first kappa shape index (κ1) is 16.5. The molecule has 3 aromatic heterocycles. The second kappa shape index (κ2) is 6.80. The molecule has 5 rings (SSSR count). The van der Waals surface area contributed by atoms with Gasteiger partial charge in [-0.25, -0.2) is 0 Å². The van der Waals surface area contributed by atoms with Crippen LogP contribution in [0.2, 0.25) is 0 Å². The molecule has 1 N–H and O–H groups in total. The van der Waals surface area contributed by atoms with Crippen molar-refractivity contribution in [2.75, 3.05) is 18.0 Å². The summed E-state index contributed by atoms with van der Waals surface area (Å²) in [6, 6.07) is 12.4. The van der Waals surface area contributed by atoms with Crippen LogP contribution in [0.4, 0.5) is 5.69 Å². The summed E-state index contributed by atoms with van der Waals surface area (Å²) in [7, 11) is 0. The zero-order valence-electron chi connectivity index (χ0n) is 15.0. The van der Waals surface area contributed by atoms with Gasteiger partial charge in [0.25, 0.3) is 0 Å². The number of pyridine rings is 1. The fraction of sp³-hybridized carbons (Fsp3) is 0.200. The van der Waals surface area contributed by atoms with E-state index in [-0.39, 0.29) is 17.9 Å². The van der Waals surface area contributed by atoms with E-state index in [4.69, 9.17) is 4.74 Å². The molecule has 4 aromatic rings. The average molecular weight is 374 g/mol. The van der Waals surface area contributed by atoms with Gasteiger partial charge < -0.3 is 14.7 Å². The number of ether oxygens (including phenoxy) is 1. The van der Waals surface area contributed by atoms with Crippen LogP contribution in [-0.4, -0.2) is 42.9 Å². The molecule has 8 nitrogen and oxygen atoms in total. The maximum absolute atomic E-state index is 10.1. The SMILES string of the molecule is Oc1nc(Oc2cnn([C@H]3CCN(c4ccccc4)C3)c2)nc2cnccc12. The third kappa shape index (κ3) is 3.09. The van der Waals surface area contributed by atoms with Crippen LogP contribution in [0.25, 0.3) is 10.9 Å². The Hall–Kier alpha value is -3.68. The Bertz CT molecular complexity index is 1110. The number of aromatic hydroxyl groups is 1. The standard InChI is InChI=1S/C20H18N6O2/c27-19-17-6-8-21-11-18(17)23-20(24-19)28-16-10-22-26(13-16)15-7-9-25(12-15)14-4-2-1-3-5-14/h1-6,8,10-11,13,15H,7,9,12H2,(H,23,24,27)/t15-/m0/s1. The summed E-state index contributed by atoms with van der Waals surface area (Å²) in [6.45, 7) is 1.88. The Balaban J connectivity index is 1.32. The minimum Gasteiger partial charge on any atom is -0.493 e. The van der Waals surface area contributed by atoms with E-state index in [1.54, 1.807) is 24.7 Å². The predicted molar refractivity (Wildman–Crippen MR) is 104 cm³/mol. The highest BCUT2D eigenvalue weighted by Gasteiger charge is 2.25. The summed E-state index contributed by atoms with van der Waals surface area (Å²) in [5.74, 6) is 0.393. The van der Waals surface area contributed by atoms with Crippen molar-refractivity contribution in [3.05, 3.63) is 61.2 Å². The van der Waals surface area contributed by atoms with E-state index < -0.39 is 0 Å². The number of aromatic nitrogens is 5. The number of para-hydroxylation sites is 1. The van der Waals surface area contributed by atoms with Crippen LogP contribution in [-0.2, 0) is 0 Å². The molecule has 1 aromatic carbocycles. The van der Waals surface area contributed by atoms with Gasteiger partial charge in [0.15, 0.2) is 5.75 Å². The number of anilines is 1. The number of hydrogen-bond acceptors (Lipinski definition) is 7. The average Bonchev–Trinajstić information content (AvgIpc) is 3.38. The Kier molecular flexibility index (Phi) is 4.01. The smallest absolute Gasteiger partial charge is 0.326 e. The van der Waals surface area contributed by atoms with Gasteiger partial charge in [0, 0.05) is 25.0 Å². The van der Waals surface area contributed by atoms with Crippen molar-refractivity contribution in [1.29, 1.82) is 0 Å². The maximum Gasteiger partial charge on any atom is 0.326 e. The Morgan fingerprint density at radius 2 is 1.96 bits per heavy atom. The zero-order valence-corrected chi connectivity index (χ0v) is 15.0. The van der Waals surface area contributed by atoms with Crippen molar-refractivity contribution in [3.8, 4) is 17.6 Å². The third-order valence-electron chi connectivity index (χ3n) is 4.90. The van der Waals surface area contributed by atoms with Crippen LogP contribution < -0.4 is 9.64 Å². The van der Waals surface area contributed by atoms with Crippen LogP contribution in [0.5, 0.6) is 17.6 Å². The first-order valence-electron chi connectivity index (χ1n) is 9.09. The summed E-state index contributed by atoms with van der Waals surface area (Å²) in [5.41, 5.74) is 1.74. The van der Waals surface area contributed by atoms with E-state index in [0.717, 1.165) is 19.5 Å². The van der Waals surface area contributed by atoms with Gasteiger partial charge in [-0.05, 0) is 24.6 Å². The lowest BCUT2D eigenvalue weighted by molar-refractivity contribution is 0.410. The topological polar surface area (TPSA) is 89.2 Å². The van der Waals surface area contributed by atoms with Crippen molar-refractivity contribution in [2.45, 2.75) is 12.5 Å². The predicted octanol–water partition coefficient (Wildman–Crippen LogP) is 3.17. The molecule has 1 fully saturated rings. The molecular weight excluding hydrogens is 356 g/mol. The Morgan fingerprint density at radius 3 is 2.86 bits per heavy atom. The van der Waals surface area contributed by atoms with Gasteiger partial charge in [-0.3, -0.25) is 9.67 Å². The number of rotatable bonds is 4. The minimum atomic E-state index is -0.135. The van der Waals surface area contributed by atoms with Crippen molar-refractivity contribution in [1.82, 2.24) is 24.7 Å². The second-order valence-corrected chi connectivity index (χ2v) is 6.70. The fourth-order valence-corrected chi connectivity index (χ4v) is 3.50. The highest BCUT2D eigenvalue weighted by atomic mass is 16.5. The van der Waals surface area contributed by atoms with Crippen molar-refractivity contribution >= 4 is 16.6 Å². The maximum atomic E-state index is 10.1. The molecule has 0 amide bonds. The molecule has 1 aliphatic heterocycles. The molecular formula is C20H18N6O2. The van der Waals surface area contributed by atoms with Gasteiger partial charge in [0.2, 0.25) is 5.88 Å². The third-order valence-corrected chi connectivity index (χ3v) is 4.90.